The van der Waals surface area contributed by atoms with E-state index in [-0.39, 0.29) is 0 Å². The third kappa shape index (κ3) is 3.65. The number of hydrogen-bond donors (Lipinski definition) is 2. The van der Waals surface area contributed by atoms with Gasteiger partial charge in [0.15, 0.2) is 0 Å². The molecular formula is C11H13BrN2O2S3. The van der Waals surface area contributed by atoms with Crippen LogP contribution in [0.15, 0.2) is 26.2 Å². The minimum atomic E-state index is -3.46. The van der Waals surface area contributed by atoms with E-state index in [1.165, 1.54) is 22.7 Å². The Morgan fingerprint density at radius 2 is 2.16 bits per heavy atom. The van der Waals surface area contributed by atoms with E-state index in [0.29, 0.717) is 17.3 Å². The normalized spacial score (nSPS) is 11.9. The largest absolute Gasteiger partial charge is 0.326 e. The lowest BCUT2D eigenvalue weighted by atomic mass is 10.3. The highest BCUT2D eigenvalue weighted by Crippen LogP contribution is 2.26. The van der Waals surface area contributed by atoms with E-state index in [9.17, 15) is 8.42 Å². The first-order chi connectivity index (χ1) is 8.92. The molecule has 4 nitrogen and oxygen atoms in total. The van der Waals surface area contributed by atoms with Crippen LogP contribution in [0.3, 0.4) is 0 Å². The van der Waals surface area contributed by atoms with Gasteiger partial charge in [0.2, 0.25) is 10.0 Å². The Morgan fingerprint density at radius 3 is 2.68 bits per heavy atom. The molecule has 0 unspecified atom stereocenters. The van der Waals surface area contributed by atoms with Gasteiger partial charge in [-0.2, -0.15) is 0 Å². The summed E-state index contributed by atoms with van der Waals surface area (Å²) >= 11 is 6.07. The molecular weight excluding hydrogens is 368 g/mol. The van der Waals surface area contributed by atoms with Crippen molar-refractivity contribution in [2.75, 3.05) is 0 Å². The number of rotatable bonds is 5. The summed E-state index contributed by atoms with van der Waals surface area (Å²) in [6.45, 7) is 2.53. The highest BCUT2D eigenvalue weighted by molar-refractivity contribution is 9.10. The zero-order valence-corrected chi connectivity index (χ0v) is 14.2. The lowest BCUT2D eigenvalue weighted by Gasteiger charge is -2.02. The third-order valence-electron chi connectivity index (χ3n) is 2.51. The van der Waals surface area contributed by atoms with Crippen LogP contribution in [0.25, 0.3) is 0 Å². The second-order valence-electron chi connectivity index (χ2n) is 3.93. The van der Waals surface area contributed by atoms with Crippen LogP contribution in [0.4, 0.5) is 0 Å². The predicted octanol–water partition coefficient (Wildman–Crippen LogP) is 2.82. The van der Waals surface area contributed by atoms with Gasteiger partial charge in [-0.25, -0.2) is 13.1 Å². The number of aryl methyl sites for hydroxylation is 1. The Bertz CT molecular complexity index is 676. The molecule has 0 saturated carbocycles. The molecule has 0 aromatic carbocycles. The number of thiophene rings is 2. The van der Waals surface area contributed by atoms with Crippen molar-refractivity contribution in [2.24, 2.45) is 5.73 Å². The molecule has 2 rings (SSSR count). The van der Waals surface area contributed by atoms with Gasteiger partial charge in [0.25, 0.3) is 0 Å². The Labute approximate surface area is 128 Å². The van der Waals surface area contributed by atoms with E-state index in [1.54, 1.807) is 6.07 Å². The molecule has 0 fully saturated rings. The first-order valence-electron chi connectivity index (χ1n) is 5.44. The second kappa shape index (κ2) is 6.02. The summed E-state index contributed by atoms with van der Waals surface area (Å²) in [6, 6.07) is 3.57. The molecule has 2 aromatic rings. The summed E-state index contributed by atoms with van der Waals surface area (Å²) in [4.78, 5) is 1.86. The van der Waals surface area contributed by atoms with E-state index in [1.807, 2.05) is 18.4 Å². The minimum Gasteiger partial charge on any atom is -0.326 e. The van der Waals surface area contributed by atoms with Gasteiger partial charge >= 0.3 is 0 Å². The van der Waals surface area contributed by atoms with Crippen LogP contribution in [0.1, 0.15) is 15.3 Å². The van der Waals surface area contributed by atoms with E-state index >= 15 is 0 Å². The van der Waals surface area contributed by atoms with Crippen LogP contribution < -0.4 is 10.5 Å². The van der Waals surface area contributed by atoms with Crippen LogP contribution in [0.2, 0.25) is 0 Å². The van der Waals surface area contributed by atoms with Crippen molar-refractivity contribution in [3.8, 4) is 0 Å². The van der Waals surface area contributed by atoms with Crippen molar-refractivity contribution in [3.05, 3.63) is 37.3 Å². The maximum Gasteiger partial charge on any atom is 0.250 e. The van der Waals surface area contributed by atoms with Crippen molar-refractivity contribution in [1.82, 2.24) is 4.72 Å². The van der Waals surface area contributed by atoms with Gasteiger partial charge in [0.05, 0.1) is 0 Å². The highest BCUT2D eigenvalue weighted by atomic mass is 79.9. The summed E-state index contributed by atoms with van der Waals surface area (Å²) in [7, 11) is -3.46. The molecule has 0 amide bonds. The Hall–Kier alpha value is -0.250. The number of nitrogens with two attached hydrogens (primary N) is 1. The monoisotopic (exact) mass is 380 g/mol. The van der Waals surface area contributed by atoms with Gasteiger partial charge in [-0.3, -0.25) is 0 Å². The molecule has 2 heterocycles. The van der Waals surface area contributed by atoms with Gasteiger partial charge in [-0.1, -0.05) is 0 Å². The average Bonchev–Trinajstić information content (AvgIpc) is 2.93. The zero-order valence-electron chi connectivity index (χ0n) is 10.1. The predicted molar refractivity (Wildman–Crippen MR) is 83.0 cm³/mol. The fourth-order valence-corrected chi connectivity index (χ4v) is 5.51. The fourth-order valence-electron chi connectivity index (χ4n) is 1.51. The zero-order chi connectivity index (χ0) is 14.0. The van der Waals surface area contributed by atoms with Crippen LogP contribution >= 0.6 is 38.6 Å². The molecule has 0 radical (unpaired) electrons. The molecule has 0 saturated heterocycles. The maximum atomic E-state index is 12.1. The topological polar surface area (TPSA) is 72.2 Å². The van der Waals surface area contributed by atoms with Gasteiger partial charge in [-0.05, 0) is 40.5 Å². The molecule has 0 atom stereocenters. The van der Waals surface area contributed by atoms with Crippen LogP contribution in [-0.2, 0) is 23.1 Å². The second-order valence-corrected chi connectivity index (χ2v) is 8.97. The Balaban J connectivity index is 2.13. The molecule has 2 aromatic heterocycles. The molecule has 8 heteroatoms. The first kappa shape index (κ1) is 15.1. The molecule has 0 aliphatic heterocycles. The van der Waals surface area contributed by atoms with E-state index < -0.39 is 10.0 Å². The highest BCUT2D eigenvalue weighted by Gasteiger charge is 2.18. The molecule has 19 heavy (non-hydrogen) atoms. The van der Waals surface area contributed by atoms with Crippen molar-refractivity contribution >= 4 is 48.6 Å². The maximum absolute atomic E-state index is 12.1. The minimum absolute atomic E-state index is 0.299. The lowest BCUT2D eigenvalue weighted by Crippen LogP contribution is -2.21. The summed E-state index contributed by atoms with van der Waals surface area (Å²) < 4.78 is 28.2. The van der Waals surface area contributed by atoms with Crippen LogP contribution in [0, 0.1) is 6.92 Å². The van der Waals surface area contributed by atoms with Crippen molar-refractivity contribution in [1.29, 1.82) is 0 Å². The molecule has 3 N–H and O–H groups in total. The summed E-state index contributed by atoms with van der Waals surface area (Å²) in [5, 5.41) is 1.92. The third-order valence-corrected chi connectivity index (χ3v) is 7.34. The number of halogens is 1. The van der Waals surface area contributed by atoms with E-state index in [0.717, 1.165) is 19.8 Å². The number of sulfonamides is 1. The summed E-state index contributed by atoms with van der Waals surface area (Å²) in [6.07, 6.45) is 0. The first-order valence-corrected chi connectivity index (χ1v) is 9.41. The standard InChI is InChI=1S/C11H13BrN2O2S3/c1-7-2-11(18-10(7)4-13)19(15,16)14-5-9-3-8(12)6-17-9/h2-3,6,14H,4-5,13H2,1H3. The molecule has 0 bridgehead atoms. The van der Waals surface area contributed by atoms with E-state index in [4.69, 9.17) is 5.73 Å². The summed E-state index contributed by atoms with van der Waals surface area (Å²) in [5.74, 6) is 0. The van der Waals surface area contributed by atoms with Gasteiger partial charge in [0, 0.05) is 32.7 Å². The molecule has 0 aliphatic rings. The Kier molecular flexibility index (Phi) is 4.80. The SMILES string of the molecule is Cc1cc(S(=O)(=O)NCc2cc(Br)cs2)sc1CN. The quantitative estimate of drug-likeness (QED) is 0.837. The molecule has 0 spiro atoms. The van der Waals surface area contributed by atoms with Crippen molar-refractivity contribution in [3.63, 3.8) is 0 Å². The smallest absolute Gasteiger partial charge is 0.250 e. The van der Waals surface area contributed by atoms with Crippen LogP contribution in [0.5, 0.6) is 0 Å². The molecule has 104 valence electrons. The molecule has 0 aliphatic carbocycles. The summed E-state index contributed by atoms with van der Waals surface area (Å²) in [5.41, 5.74) is 6.49. The van der Waals surface area contributed by atoms with Gasteiger partial charge in [0.1, 0.15) is 4.21 Å². The van der Waals surface area contributed by atoms with Gasteiger partial charge < -0.3 is 5.73 Å². The van der Waals surface area contributed by atoms with Crippen molar-refractivity contribution < 1.29 is 8.42 Å². The lowest BCUT2D eigenvalue weighted by molar-refractivity contribution is 0.584. The number of nitrogens with one attached hydrogen (secondary N) is 1. The average molecular weight is 381 g/mol. The van der Waals surface area contributed by atoms with Crippen LogP contribution in [-0.4, -0.2) is 8.42 Å². The van der Waals surface area contributed by atoms with Crippen molar-refractivity contribution in [2.45, 2.75) is 24.2 Å². The number of hydrogen-bond acceptors (Lipinski definition) is 5. The van der Waals surface area contributed by atoms with E-state index in [2.05, 4.69) is 20.7 Å². The fraction of sp³-hybridized carbons (Fsp3) is 0.273. The van der Waals surface area contributed by atoms with Gasteiger partial charge in [-0.15, -0.1) is 22.7 Å². The Morgan fingerprint density at radius 1 is 1.42 bits per heavy atom.